The van der Waals surface area contributed by atoms with Crippen molar-refractivity contribution in [2.45, 2.75) is 77.0 Å². The monoisotopic (exact) mass is 348 g/mol. The van der Waals surface area contributed by atoms with Crippen molar-refractivity contribution >= 4 is 0 Å². The second-order valence-electron chi connectivity index (χ2n) is 6.84. The van der Waals surface area contributed by atoms with Crippen molar-refractivity contribution in [3.63, 3.8) is 0 Å². The van der Waals surface area contributed by atoms with Gasteiger partial charge in [-0.1, -0.05) is 50.0 Å². The first kappa shape index (κ1) is 21.7. The molecule has 0 saturated heterocycles. The van der Waals surface area contributed by atoms with E-state index in [1.165, 1.54) is 25.7 Å². The maximum atomic E-state index is 9.57. The summed E-state index contributed by atoms with van der Waals surface area (Å²) < 4.78 is 0. The van der Waals surface area contributed by atoms with E-state index in [0.717, 1.165) is 62.5 Å². The normalized spacial score (nSPS) is 10.1. The van der Waals surface area contributed by atoms with E-state index in [-0.39, 0.29) is 0 Å². The van der Waals surface area contributed by atoms with E-state index in [2.05, 4.69) is 37.4 Å². The Labute approximate surface area is 159 Å². The van der Waals surface area contributed by atoms with Gasteiger partial charge in [-0.3, -0.25) is 0 Å². The van der Waals surface area contributed by atoms with Crippen molar-refractivity contribution in [2.24, 2.45) is 0 Å². The number of nitrogens with zero attached hydrogens (tertiary/aromatic N) is 2. The van der Waals surface area contributed by atoms with Crippen LogP contribution in [0.4, 0.5) is 0 Å². The van der Waals surface area contributed by atoms with Crippen molar-refractivity contribution in [3.05, 3.63) is 59.7 Å². The predicted octanol–water partition coefficient (Wildman–Crippen LogP) is 6.79. The summed E-state index contributed by atoms with van der Waals surface area (Å²) >= 11 is 0. The summed E-state index contributed by atoms with van der Waals surface area (Å²) in [5.41, 5.74) is 3.26. The van der Waals surface area contributed by atoms with Crippen LogP contribution in [0.5, 0.6) is 0 Å². The molecule has 2 heteroatoms. The van der Waals surface area contributed by atoms with Crippen LogP contribution in [0.3, 0.4) is 0 Å². The third-order valence-corrected chi connectivity index (χ3v) is 4.81. The molecule has 2 nitrogen and oxygen atoms in total. The molecule has 1 aromatic rings. The Morgan fingerprint density at radius 2 is 1.04 bits per heavy atom. The molecule has 0 N–H and O–H groups in total. The predicted molar refractivity (Wildman–Crippen MR) is 110 cm³/mol. The fraction of sp³-hybridized carbons (Fsp3) is 0.500. The van der Waals surface area contributed by atoms with E-state index in [0.29, 0.717) is 11.1 Å². The van der Waals surface area contributed by atoms with Gasteiger partial charge in [-0.2, -0.15) is 10.5 Å². The molecule has 0 unspecified atom stereocenters. The molecule has 0 radical (unpaired) electrons. The van der Waals surface area contributed by atoms with Crippen LogP contribution in [0.2, 0.25) is 0 Å². The molecule has 0 fully saturated rings. The van der Waals surface area contributed by atoms with Gasteiger partial charge < -0.3 is 0 Å². The summed E-state index contributed by atoms with van der Waals surface area (Å²) in [6.07, 6.45) is 17.1. The summed E-state index contributed by atoms with van der Waals surface area (Å²) in [5.74, 6) is 0. The molecule has 1 rings (SSSR count). The number of hydrogen-bond acceptors (Lipinski definition) is 2. The van der Waals surface area contributed by atoms with Gasteiger partial charge in [0.15, 0.2) is 0 Å². The van der Waals surface area contributed by atoms with Gasteiger partial charge in [-0.25, -0.2) is 0 Å². The Morgan fingerprint density at radius 3 is 1.38 bits per heavy atom. The smallest absolute Gasteiger partial charge is 0.101 e. The van der Waals surface area contributed by atoms with E-state index < -0.39 is 0 Å². The number of unbranched alkanes of at least 4 members (excludes halogenated alkanes) is 8. The topological polar surface area (TPSA) is 47.6 Å². The van der Waals surface area contributed by atoms with Gasteiger partial charge in [0.2, 0.25) is 0 Å². The molecule has 0 amide bonds. The highest BCUT2D eigenvalue weighted by Gasteiger charge is 2.12. The molecule has 138 valence electrons. The maximum Gasteiger partial charge on any atom is 0.101 e. The molecule has 0 aromatic heterocycles. The van der Waals surface area contributed by atoms with Crippen molar-refractivity contribution in [3.8, 4) is 12.1 Å². The van der Waals surface area contributed by atoms with Crippen LogP contribution in [-0.4, -0.2) is 0 Å². The summed E-state index contributed by atoms with van der Waals surface area (Å²) in [7, 11) is 0. The molecule has 0 saturated carbocycles. The zero-order valence-corrected chi connectivity index (χ0v) is 16.1. The fourth-order valence-electron chi connectivity index (χ4n) is 3.28. The lowest BCUT2D eigenvalue weighted by Gasteiger charge is -2.10. The highest BCUT2D eigenvalue weighted by molar-refractivity contribution is 5.54. The zero-order chi connectivity index (χ0) is 19.0. The largest absolute Gasteiger partial charge is 0.192 e. The Morgan fingerprint density at radius 1 is 0.654 bits per heavy atom. The summed E-state index contributed by atoms with van der Waals surface area (Å²) in [5, 5.41) is 19.1. The lowest BCUT2D eigenvalue weighted by molar-refractivity contribution is 0.643. The minimum atomic E-state index is 0.600. The molecule has 0 aliphatic rings. The van der Waals surface area contributed by atoms with Crippen LogP contribution in [0.15, 0.2) is 37.4 Å². The Balaban J connectivity index is 2.61. The molecule has 1 aromatic carbocycles. The third-order valence-electron chi connectivity index (χ3n) is 4.81. The molecule has 26 heavy (non-hydrogen) atoms. The number of rotatable bonds is 14. The Bertz CT molecular complexity index is 586. The first-order chi connectivity index (χ1) is 12.8. The minimum Gasteiger partial charge on any atom is -0.192 e. The molecule has 0 aliphatic heterocycles. The van der Waals surface area contributed by atoms with Crippen LogP contribution in [0.25, 0.3) is 0 Å². The van der Waals surface area contributed by atoms with Gasteiger partial charge in [0, 0.05) is 0 Å². The average Bonchev–Trinajstić information content (AvgIpc) is 2.67. The van der Waals surface area contributed by atoms with Crippen LogP contribution < -0.4 is 0 Å². The van der Waals surface area contributed by atoms with Gasteiger partial charge in [0.1, 0.15) is 12.1 Å². The van der Waals surface area contributed by atoms with Gasteiger partial charge in [-0.15, -0.1) is 13.2 Å². The van der Waals surface area contributed by atoms with Crippen LogP contribution >= 0.6 is 0 Å². The summed E-state index contributed by atoms with van der Waals surface area (Å²) in [6.45, 7) is 7.49. The molecule has 0 atom stereocenters. The molecular formula is C24H32N2. The first-order valence-electron chi connectivity index (χ1n) is 9.95. The molecule has 0 heterocycles. The van der Waals surface area contributed by atoms with Crippen molar-refractivity contribution < 1.29 is 0 Å². The van der Waals surface area contributed by atoms with E-state index in [1.807, 2.05) is 12.2 Å². The van der Waals surface area contributed by atoms with E-state index in [9.17, 15) is 10.5 Å². The third kappa shape index (κ3) is 7.71. The lowest BCUT2D eigenvalue weighted by atomic mass is 9.91. The molecule has 0 bridgehead atoms. The summed E-state index contributed by atoms with van der Waals surface area (Å²) in [6, 6.07) is 8.71. The average molecular weight is 349 g/mol. The number of benzene rings is 1. The van der Waals surface area contributed by atoms with Gasteiger partial charge in [-0.05, 0) is 62.5 Å². The maximum absolute atomic E-state index is 9.57. The molecule has 0 aliphatic carbocycles. The van der Waals surface area contributed by atoms with Crippen LogP contribution in [0, 0.1) is 22.7 Å². The minimum absolute atomic E-state index is 0.600. The van der Waals surface area contributed by atoms with Crippen LogP contribution in [-0.2, 0) is 12.8 Å². The second-order valence-corrected chi connectivity index (χ2v) is 6.84. The highest BCUT2D eigenvalue weighted by Crippen LogP contribution is 2.22. The Hall–Kier alpha value is -2.32. The molecular weight excluding hydrogens is 316 g/mol. The van der Waals surface area contributed by atoms with Crippen molar-refractivity contribution in [1.82, 2.24) is 0 Å². The number of nitriles is 2. The fourth-order valence-corrected chi connectivity index (χ4v) is 3.28. The van der Waals surface area contributed by atoms with Gasteiger partial charge >= 0.3 is 0 Å². The number of aryl methyl sites for hydroxylation is 2. The Kier molecular flexibility index (Phi) is 11.6. The SMILES string of the molecule is C=CCCCCCCc1ccc(CCCCCCC=C)c(C#N)c1C#N. The van der Waals surface area contributed by atoms with Gasteiger partial charge in [0.05, 0.1) is 11.1 Å². The van der Waals surface area contributed by atoms with Crippen molar-refractivity contribution in [2.75, 3.05) is 0 Å². The van der Waals surface area contributed by atoms with E-state index in [4.69, 9.17) is 0 Å². The lowest BCUT2D eigenvalue weighted by Crippen LogP contribution is -2.00. The van der Waals surface area contributed by atoms with E-state index >= 15 is 0 Å². The summed E-state index contributed by atoms with van der Waals surface area (Å²) in [4.78, 5) is 0. The second kappa shape index (κ2) is 13.9. The molecule has 0 spiro atoms. The van der Waals surface area contributed by atoms with Crippen LogP contribution in [0.1, 0.15) is 86.5 Å². The number of hydrogen-bond donors (Lipinski definition) is 0. The van der Waals surface area contributed by atoms with Crippen molar-refractivity contribution in [1.29, 1.82) is 10.5 Å². The van der Waals surface area contributed by atoms with E-state index in [1.54, 1.807) is 0 Å². The highest BCUT2D eigenvalue weighted by atomic mass is 14.3. The zero-order valence-electron chi connectivity index (χ0n) is 16.1. The standard InChI is InChI=1S/C24H32N2/c1-3-5-7-9-11-13-15-21-17-18-22(24(20-26)23(21)19-25)16-14-12-10-8-6-4-2/h3-4,17-18H,1-2,5-16H2. The quantitative estimate of drug-likeness (QED) is 0.274. The first-order valence-corrected chi connectivity index (χ1v) is 9.95. The number of allylic oxidation sites excluding steroid dienone is 2. The van der Waals surface area contributed by atoms with Gasteiger partial charge in [0.25, 0.3) is 0 Å².